The molecular weight excluding hydrogens is 436 g/mol. The van der Waals surface area contributed by atoms with Crippen molar-refractivity contribution < 1.29 is 8.78 Å². The number of hydrogen-bond donors (Lipinski definition) is 2. The summed E-state index contributed by atoms with van der Waals surface area (Å²) in [5.41, 5.74) is 2.92. The third-order valence-corrected chi connectivity index (χ3v) is 6.15. The van der Waals surface area contributed by atoms with Crippen molar-refractivity contribution >= 4 is 39.4 Å². The number of imidazole rings is 1. The van der Waals surface area contributed by atoms with Gasteiger partial charge in [-0.2, -0.15) is 0 Å². The highest BCUT2D eigenvalue weighted by molar-refractivity contribution is 6.35. The Kier molecular flexibility index (Phi) is 5.38. The predicted octanol–water partition coefficient (Wildman–Crippen LogP) is 4.61. The van der Waals surface area contributed by atoms with Gasteiger partial charge in [0, 0.05) is 31.3 Å². The summed E-state index contributed by atoms with van der Waals surface area (Å²) in [6.07, 6.45) is 3.48. The first-order valence-corrected chi connectivity index (χ1v) is 10.9. The quantitative estimate of drug-likeness (QED) is 0.440. The Morgan fingerprint density at radius 3 is 2.97 bits per heavy atom. The Morgan fingerprint density at radius 1 is 1.28 bits per heavy atom. The van der Waals surface area contributed by atoms with Gasteiger partial charge >= 0.3 is 0 Å². The van der Waals surface area contributed by atoms with Crippen molar-refractivity contribution in [1.82, 2.24) is 29.8 Å². The molecule has 1 fully saturated rings. The van der Waals surface area contributed by atoms with Crippen LogP contribution in [-0.4, -0.2) is 55.4 Å². The number of nitrogens with one attached hydrogen (secondary N) is 2. The smallest absolute Gasteiger partial charge is 0.261 e. The van der Waals surface area contributed by atoms with Gasteiger partial charge in [0.05, 0.1) is 35.3 Å². The molecule has 7 nitrogen and oxygen atoms in total. The first-order chi connectivity index (χ1) is 15.4. The monoisotopic (exact) mass is 457 g/mol. The van der Waals surface area contributed by atoms with Gasteiger partial charge in [-0.25, -0.2) is 23.7 Å². The normalized spacial score (nSPS) is 17.2. The van der Waals surface area contributed by atoms with Crippen LogP contribution in [0, 0.1) is 0 Å². The number of H-pyrrole nitrogens is 1. The van der Waals surface area contributed by atoms with Crippen molar-refractivity contribution in [3.8, 4) is 0 Å². The van der Waals surface area contributed by atoms with E-state index in [0.717, 1.165) is 27.7 Å². The number of nitrogens with zero attached hydrogens (tertiary/aromatic N) is 5. The van der Waals surface area contributed by atoms with Gasteiger partial charge in [0.25, 0.3) is 5.92 Å². The highest BCUT2D eigenvalue weighted by Crippen LogP contribution is 2.31. The van der Waals surface area contributed by atoms with Gasteiger partial charge in [-0.3, -0.25) is 9.88 Å². The summed E-state index contributed by atoms with van der Waals surface area (Å²) in [5, 5.41) is 5.82. The minimum Gasteiger partial charge on any atom is -0.360 e. The van der Waals surface area contributed by atoms with E-state index < -0.39 is 5.92 Å². The van der Waals surface area contributed by atoms with Gasteiger partial charge in [0.15, 0.2) is 11.5 Å². The summed E-state index contributed by atoms with van der Waals surface area (Å²) in [6.45, 7) is 2.69. The third kappa shape index (κ3) is 4.10. The van der Waals surface area contributed by atoms with Gasteiger partial charge < -0.3 is 10.3 Å². The largest absolute Gasteiger partial charge is 0.360 e. The van der Waals surface area contributed by atoms with Crippen molar-refractivity contribution in [3.63, 3.8) is 0 Å². The molecule has 1 aromatic carbocycles. The summed E-state index contributed by atoms with van der Waals surface area (Å²) < 4.78 is 27.2. The molecule has 0 amide bonds. The molecule has 0 unspecified atom stereocenters. The Bertz CT molecular complexity index is 1280. The molecule has 0 bridgehead atoms. The molecular formula is C22H22ClF2N7. The van der Waals surface area contributed by atoms with Crippen LogP contribution >= 0.6 is 11.6 Å². The van der Waals surface area contributed by atoms with Gasteiger partial charge in [-0.1, -0.05) is 23.7 Å². The van der Waals surface area contributed by atoms with Crippen LogP contribution < -0.4 is 5.32 Å². The molecule has 5 rings (SSSR count). The summed E-state index contributed by atoms with van der Waals surface area (Å²) >= 11 is 6.50. The number of rotatable bonds is 6. The molecule has 0 aliphatic carbocycles. The van der Waals surface area contributed by atoms with Crippen molar-refractivity contribution in [2.75, 3.05) is 25.0 Å². The molecule has 1 aliphatic heterocycles. The SMILES string of the molecule is C[C@H](Nc1ncnc2nc[nH]c12)c1cc2cccc(Cl)c2c(CCN2CCC(F)(F)C2)n1. The van der Waals surface area contributed by atoms with E-state index in [1.165, 1.54) is 6.33 Å². The average Bonchev–Trinajstić information content (AvgIpc) is 3.38. The fraction of sp³-hybridized carbons (Fsp3) is 0.364. The van der Waals surface area contributed by atoms with Gasteiger partial charge in [0.2, 0.25) is 0 Å². The summed E-state index contributed by atoms with van der Waals surface area (Å²) in [4.78, 5) is 22.4. The molecule has 0 spiro atoms. The van der Waals surface area contributed by atoms with E-state index in [-0.39, 0.29) is 19.0 Å². The Labute approximate surface area is 188 Å². The number of pyridine rings is 1. The standard InChI is InChI=1S/C22H22ClF2N7/c1-13(30-21-19-20(27-11-26-19)28-12-29-21)17-9-14-3-2-4-15(23)18(14)16(31-17)5-7-32-8-6-22(24,25)10-32/h2-4,9,11-13H,5-8,10H2,1H3,(H2,26,27,28,29,30)/t13-/m0/s1. The lowest BCUT2D eigenvalue weighted by atomic mass is 10.0. The van der Waals surface area contributed by atoms with Crippen LogP contribution in [0.3, 0.4) is 0 Å². The minimum atomic E-state index is -2.61. The van der Waals surface area contributed by atoms with Crippen LogP contribution in [0.15, 0.2) is 36.9 Å². The number of aromatic amines is 1. The molecule has 166 valence electrons. The second-order valence-corrected chi connectivity index (χ2v) is 8.56. The highest BCUT2D eigenvalue weighted by atomic mass is 35.5. The topological polar surface area (TPSA) is 82.6 Å². The van der Waals surface area contributed by atoms with Crippen molar-refractivity contribution in [3.05, 3.63) is 53.3 Å². The minimum absolute atomic E-state index is 0.0933. The second kappa shape index (κ2) is 8.22. The van der Waals surface area contributed by atoms with Crippen LogP contribution in [-0.2, 0) is 6.42 Å². The van der Waals surface area contributed by atoms with Crippen LogP contribution in [0.2, 0.25) is 5.02 Å². The summed E-state index contributed by atoms with van der Waals surface area (Å²) in [6, 6.07) is 7.54. The van der Waals surface area contributed by atoms with Crippen molar-refractivity contribution in [1.29, 1.82) is 0 Å². The summed E-state index contributed by atoms with van der Waals surface area (Å²) in [5.74, 6) is -1.97. The number of hydrogen-bond acceptors (Lipinski definition) is 6. The van der Waals surface area contributed by atoms with E-state index in [1.54, 1.807) is 11.2 Å². The Hall–Kier alpha value is -2.91. The van der Waals surface area contributed by atoms with E-state index in [1.807, 2.05) is 31.2 Å². The highest BCUT2D eigenvalue weighted by Gasteiger charge is 2.37. The molecule has 0 saturated carbocycles. The molecule has 10 heteroatoms. The van der Waals surface area contributed by atoms with E-state index in [2.05, 4.69) is 25.3 Å². The first kappa shape index (κ1) is 21.0. The lowest BCUT2D eigenvalue weighted by Gasteiger charge is -2.19. The first-order valence-electron chi connectivity index (χ1n) is 10.5. The Balaban J connectivity index is 1.45. The molecule has 4 heterocycles. The van der Waals surface area contributed by atoms with E-state index in [9.17, 15) is 8.78 Å². The third-order valence-electron chi connectivity index (χ3n) is 5.84. The van der Waals surface area contributed by atoms with E-state index >= 15 is 0 Å². The number of benzene rings is 1. The molecule has 1 aliphatic rings. The molecule has 1 atom stereocenters. The second-order valence-electron chi connectivity index (χ2n) is 8.15. The van der Waals surface area contributed by atoms with E-state index in [0.29, 0.717) is 36.0 Å². The zero-order valence-corrected chi connectivity index (χ0v) is 18.2. The number of fused-ring (bicyclic) bond motifs is 2. The molecule has 4 aromatic rings. The average molecular weight is 458 g/mol. The number of anilines is 1. The fourth-order valence-electron chi connectivity index (χ4n) is 4.19. The van der Waals surface area contributed by atoms with Gasteiger partial charge in [0.1, 0.15) is 11.8 Å². The maximum Gasteiger partial charge on any atom is 0.261 e. The van der Waals surface area contributed by atoms with Gasteiger partial charge in [-0.05, 0) is 24.4 Å². The van der Waals surface area contributed by atoms with Crippen LogP contribution in [0.5, 0.6) is 0 Å². The maximum absolute atomic E-state index is 13.6. The zero-order valence-electron chi connectivity index (χ0n) is 17.4. The fourth-order valence-corrected chi connectivity index (χ4v) is 4.48. The number of alkyl halides is 2. The lowest BCUT2D eigenvalue weighted by molar-refractivity contribution is 0.0123. The lowest BCUT2D eigenvalue weighted by Crippen LogP contribution is -2.27. The molecule has 2 N–H and O–H groups in total. The Morgan fingerprint density at radius 2 is 2.16 bits per heavy atom. The predicted molar refractivity (Wildman–Crippen MR) is 120 cm³/mol. The van der Waals surface area contributed by atoms with Gasteiger partial charge in [-0.15, -0.1) is 0 Å². The van der Waals surface area contributed by atoms with Crippen molar-refractivity contribution in [2.45, 2.75) is 31.7 Å². The number of likely N-dealkylation sites (tertiary alicyclic amines) is 1. The van der Waals surface area contributed by atoms with Crippen LogP contribution in [0.4, 0.5) is 14.6 Å². The molecule has 0 radical (unpaired) electrons. The number of halogens is 3. The zero-order chi connectivity index (χ0) is 22.3. The summed E-state index contributed by atoms with van der Waals surface area (Å²) in [7, 11) is 0. The van der Waals surface area contributed by atoms with Crippen molar-refractivity contribution in [2.24, 2.45) is 0 Å². The molecule has 32 heavy (non-hydrogen) atoms. The van der Waals surface area contributed by atoms with Crippen LogP contribution in [0.1, 0.15) is 30.8 Å². The molecule has 1 saturated heterocycles. The maximum atomic E-state index is 13.6. The van der Waals surface area contributed by atoms with E-state index in [4.69, 9.17) is 16.6 Å². The van der Waals surface area contributed by atoms with Crippen LogP contribution in [0.25, 0.3) is 21.9 Å². The number of aromatic nitrogens is 5. The molecule has 3 aromatic heterocycles.